The Hall–Kier alpha value is -2.97. The van der Waals surface area contributed by atoms with Crippen LogP contribution in [0.15, 0.2) is 81.7 Å². The molecule has 3 aromatic rings. The lowest BCUT2D eigenvalue weighted by Gasteiger charge is -2.27. The van der Waals surface area contributed by atoms with Crippen LogP contribution in [0.5, 0.6) is 0 Å². The monoisotopic (exact) mass is 598 g/mol. The lowest BCUT2D eigenvalue weighted by molar-refractivity contribution is -0.147. The Bertz CT molecular complexity index is 1240. The Morgan fingerprint density at radius 2 is 1.57 bits per heavy atom. The second-order valence-electron chi connectivity index (χ2n) is 8.45. The van der Waals surface area contributed by atoms with E-state index in [-0.39, 0.29) is 30.7 Å². The summed E-state index contributed by atoms with van der Waals surface area (Å²) in [6.07, 6.45) is 0.639. The van der Waals surface area contributed by atoms with E-state index >= 15 is 0 Å². The van der Waals surface area contributed by atoms with E-state index in [0.717, 1.165) is 20.1 Å². The van der Waals surface area contributed by atoms with Gasteiger partial charge in [0.25, 0.3) is 5.91 Å². The quantitative estimate of drug-likeness (QED) is 0.388. The van der Waals surface area contributed by atoms with Crippen LogP contribution in [0.3, 0.4) is 0 Å². The molecule has 1 heterocycles. The SMILES string of the molecule is COC(=O)C1(c2ccc(Br)cc2)CCN(C(=O)c2ccccc2NC(=O)Cc2ccc(Br)cc2)C1. The number of benzene rings is 3. The van der Waals surface area contributed by atoms with Crippen molar-refractivity contribution in [2.75, 3.05) is 25.5 Å². The van der Waals surface area contributed by atoms with E-state index in [4.69, 9.17) is 4.74 Å². The third-order valence-electron chi connectivity index (χ3n) is 6.24. The maximum Gasteiger partial charge on any atom is 0.318 e. The number of anilines is 1. The predicted octanol–water partition coefficient (Wildman–Crippen LogP) is 5.35. The van der Waals surface area contributed by atoms with Gasteiger partial charge < -0.3 is 15.0 Å². The van der Waals surface area contributed by atoms with Crippen LogP contribution < -0.4 is 5.32 Å². The number of carbonyl (C=O) groups is 3. The van der Waals surface area contributed by atoms with Crippen molar-refractivity contribution in [2.24, 2.45) is 0 Å². The lowest BCUT2D eigenvalue weighted by atomic mass is 9.79. The van der Waals surface area contributed by atoms with Crippen LogP contribution in [-0.2, 0) is 26.2 Å². The van der Waals surface area contributed by atoms with Crippen LogP contribution in [0, 0.1) is 0 Å². The Morgan fingerprint density at radius 1 is 0.943 bits per heavy atom. The summed E-state index contributed by atoms with van der Waals surface area (Å²) in [6, 6.07) is 22.0. The van der Waals surface area contributed by atoms with Crippen LogP contribution in [0.1, 0.15) is 27.9 Å². The molecule has 0 aliphatic carbocycles. The highest BCUT2D eigenvalue weighted by atomic mass is 79.9. The molecular weight excluding hydrogens is 576 g/mol. The van der Waals surface area contributed by atoms with Crippen LogP contribution in [0.25, 0.3) is 0 Å². The van der Waals surface area contributed by atoms with Gasteiger partial charge in [0.1, 0.15) is 5.41 Å². The van der Waals surface area contributed by atoms with Crippen molar-refractivity contribution >= 4 is 55.3 Å². The number of esters is 1. The topological polar surface area (TPSA) is 75.7 Å². The zero-order valence-electron chi connectivity index (χ0n) is 19.1. The molecule has 0 bridgehead atoms. The summed E-state index contributed by atoms with van der Waals surface area (Å²) in [5, 5.41) is 2.88. The van der Waals surface area contributed by atoms with E-state index in [9.17, 15) is 14.4 Å². The van der Waals surface area contributed by atoms with Crippen molar-refractivity contribution < 1.29 is 19.1 Å². The number of hydrogen-bond acceptors (Lipinski definition) is 4. The van der Waals surface area contributed by atoms with Crippen LogP contribution in [0.2, 0.25) is 0 Å². The molecule has 35 heavy (non-hydrogen) atoms. The summed E-state index contributed by atoms with van der Waals surface area (Å²) in [4.78, 5) is 40.8. The first-order chi connectivity index (χ1) is 16.8. The second-order valence-corrected chi connectivity index (χ2v) is 10.3. The fraction of sp³-hybridized carbons (Fsp3) is 0.222. The van der Waals surface area contributed by atoms with E-state index in [2.05, 4.69) is 37.2 Å². The van der Waals surface area contributed by atoms with Gasteiger partial charge in [-0.1, -0.05) is 68.3 Å². The average molecular weight is 600 g/mol. The molecule has 0 spiro atoms. The Kier molecular flexibility index (Phi) is 7.72. The van der Waals surface area contributed by atoms with E-state index in [1.807, 2.05) is 48.5 Å². The van der Waals surface area contributed by atoms with Crippen molar-refractivity contribution in [3.63, 3.8) is 0 Å². The van der Waals surface area contributed by atoms with Crippen molar-refractivity contribution in [3.8, 4) is 0 Å². The van der Waals surface area contributed by atoms with Crippen molar-refractivity contribution in [1.82, 2.24) is 4.90 Å². The number of rotatable bonds is 6. The first kappa shape index (κ1) is 25.1. The van der Waals surface area contributed by atoms with Gasteiger partial charge in [0.05, 0.1) is 24.8 Å². The van der Waals surface area contributed by atoms with Gasteiger partial charge in [-0.2, -0.15) is 0 Å². The van der Waals surface area contributed by atoms with E-state index < -0.39 is 5.41 Å². The fourth-order valence-corrected chi connectivity index (χ4v) is 4.93. The zero-order valence-corrected chi connectivity index (χ0v) is 22.3. The third kappa shape index (κ3) is 5.49. The number of halogens is 2. The van der Waals surface area contributed by atoms with E-state index in [1.54, 1.807) is 29.2 Å². The number of nitrogens with zero attached hydrogens (tertiary/aromatic N) is 1. The summed E-state index contributed by atoms with van der Waals surface area (Å²) in [6.45, 7) is 0.590. The number of nitrogens with one attached hydrogen (secondary N) is 1. The van der Waals surface area contributed by atoms with Crippen LogP contribution in [-0.4, -0.2) is 42.9 Å². The number of hydrogen-bond donors (Lipinski definition) is 1. The number of methoxy groups -OCH3 is 1. The predicted molar refractivity (Wildman–Crippen MR) is 141 cm³/mol. The molecule has 4 rings (SSSR count). The van der Waals surface area contributed by atoms with Crippen molar-refractivity contribution in [3.05, 3.63) is 98.4 Å². The molecule has 2 amide bonds. The largest absolute Gasteiger partial charge is 0.468 e. The van der Waals surface area contributed by atoms with Gasteiger partial charge in [0, 0.05) is 22.0 Å². The summed E-state index contributed by atoms with van der Waals surface area (Å²) < 4.78 is 6.99. The molecule has 1 N–H and O–H groups in total. The first-order valence-corrected chi connectivity index (χ1v) is 12.7. The van der Waals surface area contributed by atoms with Gasteiger partial charge in [-0.25, -0.2) is 0 Å². The van der Waals surface area contributed by atoms with Crippen molar-refractivity contribution in [2.45, 2.75) is 18.3 Å². The Labute approximate surface area is 220 Å². The molecule has 6 nitrogen and oxygen atoms in total. The van der Waals surface area contributed by atoms with E-state index in [0.29, 0.717) is 24.2 Å². The van der Waals surface area contributed by atoms with Gasteiger partial charge in [-0.15, -0.1) is 0 Å². The molecule has 1 aliphatic rings. The van der Waals surface area contributed by atoms with E-state index in [1.165, 1.54) is 7.11 Å². The summed E-state index contributed by atoms with van der Waals surface area (Å²) >= 11 is 6.81. The van der Waals surface area contributed by atoms with Gasteiger partial charge >= 0.3 is 5.97 Å². The van der Waals surface area contributed by atoms with Crippen LogP contribution >= 0.6 is 31.9 Å². The fourth-order valence-electron chi connectivity index (χ4n) is 4.40. The molecule has 1 unspecified atom stereocenters. The molecule has 1 aliphatic heterocycles. The standard InChI is InChI=1S/C27H24Br2N2O4/c1-35-26(34)27(19-8-12-21(29)13-9-19)14-15-31(17-27)25(33)22-4-2-3-5-23(22)30-24(32)16-18-6-10-20(28)11-7-18/h2-13H,14-17H2,1H3,(H,30,32). The lowest BCUT2D eigenvalue weighted by Crippen LogP contribution is -2.41. The van der Waals surface area contributed by atoms with Gasteiger partial charge in [-0.05, 0) is 53.9 Å². The number of para-hydroxylation sites is 1. The highest BCUT2D eigenvalue weighted by molar-refractivity contribution is 9.10. The molecule has 180 valence electrons. The average Bonchev–Trinajstić information content (AvgIpc) is 3.32. The molecule has 1 saturated heterocycles. The molecule has 8 heteroatoms. The molecule has 1 atom stereocenters. The molecule has 3 aromatic carbocycles. The third-order valence-corrected chi connectivity index (χ3v) is 7.30. The first-order valence-electron chi connectivity index (χ1n) is 11.1. The van der Waals surface area contributed by atoms with Crippen LogP contribution in [0.4, 0.5) is 5.69 Å². The molecular formula is C27H24Br2N2O4. The minimum absolute atomic E-state index is 0.189. The summed E-state index contributed by atoms with van der Waals surface area (Å²) in [7, 11) is 1.36. The number of amides is 2. The maximum atomic E-state index is 13.5. The van der Waals surface area contributed by atoms with Gasteiger partial charge in [-0.3, -0.25) is 14.4 Å². The minimum atomic E-state index is -0.940. The molecule has 0 aromatic heterocycles. The Morgan fingerprint density at radius 3 is 2.23 bits per heavy atom. The number of ether oxygens (including phenoxy) is 1. The molecule has 0 saturated carbocycles. The summed E-state index contributed by atoms with van der Waals surface area (Å²) in [5.41, 5.74) is 1.56. The molecule has 0 radical (unpaired) electrons. The Balaban J connectivity index is 1.54. The zero-order chi connectivity index (χ0) is 25.0. The van der Waals surface area contributed by atoms with Gasteiger partial charge in [0.2, 0.25) is 5.91 Å². The highest BCUT2D eigenvalue weighted by Crippen LogP contribution is 2.37. The smallest absolute Gasteiger partial charge is 0.318 e. The minimum Gasteiger partial charge on any atom is -0.468 e. The normalized spacial score (nSPS) is 17.2. The summed E-state index contributed by atoms with van der Waals surface area (Å²) in [5.74, 6) is -0.827. The van der Waals surface area contributed by atoms with Gasteiger partial charge in [0.15, 0.2) is 0 Å². The number of carbonyl (C=O) groups excluding carboxylic acids is 3. The van der Waals surface area contributed by atoms with Crippen molar-refractivity contribution in [1.29, 1.82) is 0 Å². The number of likely N-dealkylation sites (tertiary alicyclic amines) is 1. The maximum absolute atomic E-state index is 13.5. The second kappa shape index (κ2) is 10.7. The highest BCUT2D eigenvalue weighted by Gasteiger charge is 2.48. The molecule has 1 fully saturated rings.